The number of aliphatic hydroxyl groups excluding tert-OH is 2. The SMILES string of the molecule is COC(=O)C(O)c1ccc(CO)cc1. The minimum absolute atomic E-state index is 0.0609. The maximum Gasteiger partial charge on any atom is 0.339 e. The molecule has 1 atom stereocenters. The van der Waals surface area contributed by atoms with Crippen molar-refractivity contribution in [2.24, 2.45) is 0 Å². The Morgan fingerprint density at radius 1 is 1.43 bits per heavy atom. The topological polar surface area (TPSA) is 66.8 Å². The first-order valence-corrected chi connectivity index (χ1v) is 4.14. The lowest BCUT2D eigenvalue weighted by molar-refractivity contribution is -0.150. The molecule has 4 heteroatoms. The van der Waals surface area contributed by atoms with E-state index in [1.54, 1.807) is 24.3 Å². The molecule has 0 heterocycles. The fourth-order valence-electron chi connectivity index (χ4n) is 1.05. The molecular weight excluding hydrogens is 184 g/mol. The van der Waals surface area contributed by atoms with Crippen molar-refractivity contribution < 1.29 is 19.7 Å². The quantitative estimate of drug-likeness (QED) is 0.686. The van der Waals surface area contributed by atoms with E-state index in [1.165, 1.54) is 7.11 Å². The van der Waals surface area contributed by atoms with Gasteiger partial charge in [-0.15, -0.1) is 0 Å². The van der Waals surface area contributed by atoms with E-state index in [0.29, 0.717) is 5.56 Å². The van der Waals surface area contributed by atoms with Crippen LogP contribution >= 0.6 is 0 Å². The molecule has 1 rings (SSSR count). The van der Waals surface area contributed by atoms with Crippen LogP contribution in [-0.4, -0.2) is 23.3 Å². The molecule has 0 aliphatic carbocycles. The van der Waals surface area contributed by atoms with Crippen LogP contribution < -0.4 is 0 Å². The van der Waals surface area contributed by atoms with Gasteiger partial charge in [-0.05, 0) is 11.1 Å². The van der Waals surface area contributed by atoms with Crippen molar-refractivity contribution in [1.82, 2.24) is 0 Å². The minimum atomic E-state index is -1.26. The van der Waals surface area contributed by atoms with Gasteiger partial charge in [-0.2, -0.15) is 0 Å². The molecule has 2 N–H and O–H groups in total. The normalized spacial score (nSPS) is 12.2. The molecule has 4 nitrogen and oxygen atoms in total. The zero-order valence-electron chi connectivity index (χ0n) is 7.80. The molecule has 0 radical (unpaired) electrons. The standard InChI is InChI=1S/C10H12O4/c1-14-10(13)9(12)8-4-2-7(6-11)3-5-8/h2-5,9,11-12H,6H2,1H3. The first-order chi connectivity index (χ1) is 6.69. The number of benzene rings is 1. The van der Waals surface area contributed by atoms with Crippen molar-refractivity contribution in [3.05, 3.63) is 35.4 Å². The molecule has 76 valence electrons. The van der Waals surface area contributed by atoms with Crippen LogP contribution in [-0.2, 0) is 16.1 Å². The number of carbonyl (C=O) groups is 1. The number of rotatable bonds is 3. The predicted octanol–water partition coefficient (Wildman–Crippen LogP) is 0.385. The fraction of sp³-hybridized carbons (Fsp3) is 0.300. The molecular formula is C10H12O4. The summed E-state index contributed by atoms with van der Waals surface area (Å²) >= 11 is 0. The summed E-state index contributed by atoms with van der Waals surface area (Å²) in [4.78, 5) is 10.9. The Balaban J connectivity index is 2.81. The van der Waals surface area contributed by atoms with Gasteiger partial charge in [-0.1, -0.05) is 24.3 Å². The van der Waals surface area contributed by atoms with E-state index in [0.717, 1.165) is 5.56 Å². The van der Waals surface area contributed by atoms with Crippen molar-refractivity contribution in [3.8, 4) is 0 Å². The molecule has 0 saturated heterocycles. The van der Waals surface area contributed by atoms with Crippen molar-refractivity contribution in [2.45, 2.75) is 12.7 Å². The second-order valence-corrected chi connectivity index (χ2v) is 2.83. The van der Waals surface area contributed by atoms with Crippen LogP contribution in [0, 0.1) is 0 Å². The number of methoxy groups -OCH3 is 1. The van der Waals surface area contributed by atoms with Crippen molar-refractivity contribution in [3.63, 3.8) is 0 Å². The summed E-state index contributed by atoms with van der Waals surface area (Å²) < 4.78 is 4.38. The van der Waals surface area contributed by atoms with Gasteiger partial charge in [0.05, 0.1) is 13.7 Å². The Labute approximate surface area is 81.8 Å². The monoisotopic (exact) mass is 196 g/mol. The van der Waals surface area contributed by atoms with Gasteiger partial charge in [0.25, 0.3) is 0 Å². The summed E-state index contributed by atoms with van der Waals surface area (Å²) in [5.41, 5.74) is 1.18. The zero-order valence-corrected chi connectivity index (χ0v) is 7.80. The third-order valence-corrected chi connectivity index (χ3v) is 1.90. The number of esters is 1. The molecule has 0 aromatic heterocycles. The number of hydrogen-bond donors (Lipinski definition) is 2. The molecule has 0 amide bonds. The van der Waals surface area contributed by atoms with E-state index < -0.39 is 12.1 Å². The highest BCUT2D eigenvalue weighted by Gasteiger charge is 2.16. The summed E-state index contributed by atoms with van der Waals surface area (Å²) in [6, 6.07) is 6.43. The first-order valence-electron chi connectivity index (χ1n) is 4.14. The number of hydrogen-bond acceptors (Lipinski definition) is 4. The number of ether oxygens (including phenoxy) is 1. The van der Waals surface area contributed by atoms with E-state index in [4.69, 9.17) is 5.11 Å². The van der Waals surface area contributed by atoms with Crippen LogP contribution in [0.5, 0.6) is 0 Å². The van der Waals surface area contributed by atoms with Crippen LogP contribution in [0.4, 0.5) is 0 Å². The van der Waals surface area contributed by atoms with Crippen LogP contribution in [0.2, 0.25) is 0 Å². The third kappa shape index (κ3) is 2.31. The molecule has 0 bridgehead atoms. The minimum Gasteiger partial charge on any atom is -0.467 e. The predicted molar refractivity (Wildman–Crippen MR) is 49.3 cm³/mol. The van der Waals surface area contributed by atoms with E-state index in [1.807, 2.05) is 0 Å². The van der Waals surface area contributed by atoms with Gasteiger partial charge in [-0.25, -0.2) is 4.79 Å². The highest BCUT2D eigenvalue weighted by atomic mass is 16.5. The molecule has 0 saturated carbocycles. The van der Waals surface area contributed by atoms with E-state index in [2.05, 4.69) is 4.74 Å². The maximum absolute atomic E-state index is 10.9. The van der Waals surface area contributed by atoms with Crippen LogP contribution in [0.25, 0.3) is 0 Å². The van der Waals surface area contributed by atoms with Gasteiger partial charge in [0.15, 0.2) is 6.10 Å². The van der Waals surface area contributed by atoms with Gasteiger partial charge >= 0.3 is 5.97 Å². The Bertz CT molecular complexity index is 304. The molecule has 1 unspecified atom stereocenters. The lowest BCUT2D eigenvalue weighted by Gasteiger charge is -2.08. The van der Waals surface area contributed by atoms with Crippen LogP contribution in [0.1, 0.15) is 17.2 Å². The number of aliphatic hydroxyl groups is 2. The fourth-order valence-corrected chi connectivity index (χ4v) is 1.05. The lowest BCUT2D eigenvalue weighted by atomic mass is 10.1. The summed E-state index contributed by atoms with van der Waals surface area (Å²) in [6.07, 6.45) is -1.26. The Morgan fingerprint density at radius 2 is 2.00 bits per heavy atom. The Morgan fingerprint density at radius 3 is 2.43 bits per heavy atom. The molecule has 14 heavy (non-hydrogen) atoms. The van der Waals surface area contributed by atoms with Gasteiger partial charge in [0, 0.05) is 0 Å². The molecule has 0 fully saturated rings. The van der Waals surface area contributed by atoms with Crippen LogP contribution in [0.3, 0.4) is 0 Å². The highest BCUT2D eigenvalue weighted by Crippen LogP contribution is 2.14. The zero-order chi connectivity index (χ0) is 10.6. The summed E-state index contributed by atoms with van der Waals surface area (Å²) in [5, 5.41) is 18.2. The maximum atomic E-state index is 10.9. The van der Waals surface area contributed by atoms with E-state index >= 15 is 0 Å². The van der Waals surface area contributed by atoms with Crippen molar-refractivity contribution in [1.29, 1.82) is 0 Å². The third-order valence-electron chi connectivity index (χ3n) is 1.90. The van der Waals surface area contributed by atoms with Crippen molar-refractivity contribution in [2.75, 3.05) is 7.11 Å². The average molecular weight is 196 g/mol. The molecule has 1 aromatic rings. The molecule has 1 aromatic carbocycles. The van der Waals surface area contributed by atoms with Gasteiger partial charge < -0.3 is 14.9 Å². The lowest BCUT2D eigenvalue weighted by Crippen LogP contribution is -2.13. The first kappa shape index (κ1) is 10.7. The molecule has 0 aliphatic rings. The van der Waals surface area contributed by atoms with Gasteiger partial charge in [0.2, 0.25) is 0 Å². The Hall–Kier alpha value is -1.39. The smallest absolute Gasteiger partial charge is 0.339 e. The van der Waals surface area contributed by atoms with E-state index in [-0.39, 0.29) is 6.61 Å². The molecule has 0 aliphatic heterocycles. The van der Waals surface area contributed by atoms with Crippen molar-refractivity contribution >= 4 is 5.97 Å². The highest BCUT2D eigenvalue weighted by molar-refractivity contribution is 5.76. The van der Waals surface area contributed by atoms with Gasteiger partial charge in [0.1, 0.15) is 0 Å². The second kappa shape index (κ2) is 4.74. The van der Waals surface area contributed by atoms with E-state index in [9.17, 15) is 9.90 Å². The van der Waals surface area contributed by atoms with Crippen LogP contribution in [0.15, 0.2) is 24.3 Å². The second-order valence-electron chi connectivity index (χ2n) is 2.83. The summed E-state index contributed by atoms with van der Waals surface area (Å²) in [6.45, 7) is -0.0609. The number of carbonyl (C=O) groups excluding carboxylic acids is 1. The summed E-state index contributed by atoms with van der Waals surface area (Å²) in [5.74, 6) is -0.693. The van der Waals surface area contributed by atoms with Gasteiger partial charge in [-0.3, -0.25) is 0 Å². The largest absolute Gasteiger partial charge is 0.467 e. The summed E-state index contributed by atoms with van der Waals surface area (Å²) in [7, 11) is 1.22. The Kier molecular flexibility index (Phi) is 3.62. The average Bonchev–Trinajstić information content (AvgIpc) is 2.27. The molecule has 0 spiro atoms.